The lowest BCUT2D eigenvalue weighted by atomic mass is 9.99. The predicted octanol–water partition coefficient (Wildman–Crippen LogP) is 2.93. The highest BCUT2D eigenvalue weighted by Crippen LogP contribution is 2.26. The van der Waals surface area contributed by atoms with Crippen LogP contribution in [0.25, 0.3) is 0 Å². The normalized spacial score (nSPS) is 18.3. The second-order valence-electron chi connectivity index (χ2n) is 7.08. The van der Waals surface area contributed by atoms with Gasteiger partial charge in [0.15, 0.2) is 0 Å². The molecule has 0 unspecified atom stereocenters. The molecule has 142 valence electrons. The maximum atomic E-state index is 12.7. The molecule has 0 saturated carbocycles. The number of nitrogens with one attached hydrogen (secondary N) is 1. The fourth-order valence-electron chi connectivity index (χ4n) is 3.55. The van der Waals surface area contributed by atoms with Crippen molar-refractivity contribution in [3.05, 3.63) is 41.7 Å². The van der Waals surface area contributed by atoms with Crippen molar-refractivity contribution in [2.45, 2.75) is 51.6 Å². The van der Waals surface area contributed by atoms with Gasteiger partial charge in [0.25, 0.3) is 0 Å². The molecular weight excluding hydrogens is 348 g/mol. The molecule has 1 atom stereocenters. The van der Waals surface area contributed by atoms with Crippen molar-refractivity contribution in [1.82, 2.24) is 14.5 Å². The molecule has 0 aliphatic carbocycles. The number of rotatable bonds is 6. The molecule has 6 nitrogen and oxygen atoms in total. The van der Waals surface area contributed by atoms with Crippen LogP contribution in [0.3, 0.4) is 0 Å². The second-order valence-corrected chi connectivity index (χ2v) is 8.82. The van der Waals surface area contributed by atoms with Gasteiger partial charge in [0.05, 0.1) is 5.69 Å². The molecule has 1 aliphatic heterocycles. The maximum absolute atomic E-state index is 12.7. The van der Waals surface area contributed by atoms with Gasteiger partial charge in [0.2, 0.25) is 10.0 Å². The molecule has 2 aromatic rings. The van der Waals surface area contributed by atoms with Gasteiger partial charge < -0.3 is 4.90 Å². The van der Waals surface area contributed by atoms with E-state index >= 15 is 0 Å². The van der Waals surface area contributed by atoms with E-state index in [9.17, 15) is 8.42 Å². The van der Waals surface area contributed by atoms with Gasteiger partial charge in [0, 0.05) is 38.1 Å². The molecule has 0 bridgehead atoms. The summed E-state index contributed by atoms with van der Waals surface area (Å²) in [5.74, 6) is 0.663. The van der Waals surface area contributed by atoms with Gasteiger partial charge >= 0.3 is 0 Å². The van der Waals surface area contributed by atoms with Crippen LogP contribution in [0.1, 0.15) is 37.9 Å². The topological polar surface area (TPSA) is 67.2 Å². The van der Waals surface area contributed by atoms with E-state index in [2.05, 4.69) is 27.7 Å². The number of anilines is 1. The van der Waals surface area contributed by atoms with Crippen molar-refractivity contribution in [2.24, 2.45) is 5.92 Å². The SMILES string of the molecule is CCn1cc(S(=O)(=O)NCc2ccccc2N2CCC[C@@H](C)C2)c(C)n1. The van der Waals surface area contributed by atoms with Gasteiger partial charge in [-0.25, -0.2) is 13.1 Å². The van der Waals surface area contributed by atoms with Crippen LogP contribution in [0, 0.1) is 12.8 Å². The Balaban J connectivity index is 1.78. The first-order chi connectivity index (χ1) is 12.4. The van der Waals surface area contributed by atoms with Crippen LogP contribution in [-0.4, -0.2) is 31.3 Å². The minimum Gasteiger partial charge on any atom is -0.371 e. The highest BCUT2D eigenvalue weighted by molar-refractivity contribution is 7.89. The summed E-state index contributed by atoms with van der Waals surface area (Å²) >= 11 is 0. The average Bonchev–Trinajstić information content (AvgIpc) is 3.02. The molecule has 1 aromatic heterocycles. The summed E-state index contributed by atoms with van der Waals surface area (Å²) in [6.45, 7) is 8.90. The lowest BCUT2D eigenvalue weighted by Gasteiger charge is -2.34. The molecule has 7 heteroatoms. The molecule has 1 N–H and O–H groups in total. The third kappa shape index (κ3) is 4.10. The number of aromatic nitrogens is 2. The Kier molecular flexibility index (Phi) is 5.67. The molecule has 0 spiro atoms. The second kappa shape index (κ2) is 7.80. The standard InChI is InChI=1S/C19H28N4O2S/c1-4-23-14-19(16(3)21-23)26(24,25)20-12-17-9-5-6-10-18(17)22-11-7-8-15(2)13-22/h5-6,9-10,14-15,20H,4,7-8,11-13H2,1-3H3/t15-/m1/s1. The van der Waals surface area contributed by atoms with Crippen LogP contribution in [0.2, 0.25) is 0 Å². The summed E-state index contributed by atoms with van der Waals surface area (Å²) in [5.41, 5.74) is 2.66. The van der Waals surface area contributed by atoms with Gasteiger partial charge in [0.1, 0.15) is 4.90 Å². The molecule has 3 rings (SSSR count). The monoisotopic (exact) mass is 376 g/mol. The zero-order valence-corrected chi connectivity index (χ0v) is 16.6. The van der Waals surface area contributed by atoms with E-state index in [1.807, 2.05) is 25.1 Å². The minimum absolute atomic E-state index is 0.253. The van der Waals surface area contributed by atoms with Crippen molar-refractivity contribution in [3.8, 4) is 0 Å². The Labute approximate surface area is 156 Å². The highest BCUT2D eigenvalue weighted by Gasteiger charge is 2.22. The van der Waals surface area contributed by atoms with E-state index in [4.69, 9.17) is 0 Å². The number of aryl methyl sites for hydroxylation is 2. The summed E-state index contributed by atoms with van der Waals surface area (Å²) in [5, 5.41) is 4.24. The molecule has 0 amide bonds. The van der Waals surface area contributed by atoms with Crippen LogP contribution in [0.4, 0.5) is 5.69 Å². The number of para-hydroxylation sites is 1. The summed E-state index contributed by atoms with van der Waals surface area (Å²) < 4.78 is 29.8. The van der Waals surface area contributed by atoms with Gasteiger partial charge in [-0.1, -0.05) is 25.1 Å². The zero-order chi connectivity index (χ0) is 18.7. The maximum Gasteiger partial charge on any atom is 0.244 e. The Morgan fingerprint density at radius 3 is 2.77 bits per heavy atom. The van der Waals surface area contributed by atoms with Gasteiger partial charge in [-0.05, 0) is 44.2 Å². The fourth-order valence-corrected chi connectivity index (χ4v) is 4.74. The quantitative estimate of drug-likeness (QED) is 0.842. The fraction of sp³-hybridized carbons (Fsp3) is 0.526. The average molecular weight is 377 g/mol. The largest absolute Gasteiger partial charge is 0.371 e. The van der Waals surface area contributed by atoms with Crippen molar-refractivity contribution in [1.29, 1.82) is 0 Å². The third-order valence-corrected chi connectivity index (χ3v) is 6.46. The summed E-state index contributed by atoms with van der Waals surface area (Å²) in [7, 11) is -3.59. The lowest BCUT2D eigenvalue weighted by molar-refractivity contribution is 0.446. The van der Waals surface area contributed by atoms with Crippen LogP contribution in [-0.2, 0) is 23.1 Å². The number of piperidine rings is 1. The van der Waals surface area contributed by atoms with E-state index in [0.717, 1.165) is 24.3 Å². The number of nitrogens with zero attached hydrogens (tertiary/aromatic N) is 3. The Hall–Kier alpha value is -1.86. The van der Waals surface area contributed by atoms with Crippen LogP contribution < -0.4 is 9.62 Å². The van der Waals surface area contributed by atoms with Gasteiger partial charge in [-0.15, -0.1) is 0 Å². The third-order valence-electron chi connectivity index (χ3n) is 4.96. The number of hydrogen-bond acceptors (Lipinski definition) is 4. The first-order valence-electron chi connectivity index (χ1n) is 9.27. The van der Waals surface area contributed by atoms with E-state index < -0.39 is 10.0 Å². The molecule has 1 saturated heterocycles. The number of benzene rings is 1. The van der Waals surface area contributed by atoms with Gasteiger partial charge in [-0.3, -0.25) is 4.68 Å². The van der Waals surface area contributed by atoms with Crippen LogP contribution >= 0.6 is 0 Å². The molecule has 1 aliphatic rings. The van der Waals surface area contributed by atoms with Crippen molar-refractivity contribution in [3.63, 3.8) is 0 Å². The van der Waals surface area contributed by atoms with Crippen molar-refractivity contribution >= 4 is 15.7 Å². The minimum atomic E-state index is -3.59. The molecule has 1 fully saturated rings. The number of sulfonamides is 1. The molecular formula is C19H28N4O2S. The van der Waals surface area contributed by atoms with E-state index in [1.54, 1.807) is 17.8 Å². The van der Waals surface area contributed by atoms with Gasteiger partial charge in [-0.2, -0.15) is 5.10 Å². The Bertz CT molecular complexity index is 860. The Morgan fingerprint density at radius 1 is 1.31 bits per heavy atom. The van der Waals surface area contributed by atoms with Crippen molar-refractivity contribution in [2.75, 3.05) is 18.0 Å². The summed E-state index contributed by atoms with van der Waals surface area (Å²) in [6, 6.07) is 8.06. The molecule has 0 radical (unpaired) electrons. The first kappa shape index (κ1) is 18.9. The first-order valence-corrected chi connectivity index (χ1v) is 10.8. The number of hydrogen-bond donors (Lipinski definition) is 1. The predicted molar refractivity (Wildman–Crippen MR) is 104 cm³/mol. The molecule has 26 heavy (non-hydrogen) atoms. The smallest absolute Gasteiger partial charge is 0.244 e. The van der Waals surface area contributed by atoms with Crippen LogP contribution in [0.5, 0.6) is 0 Å². The molecule has 1 aromatic carbocycles. The lowest BCUT2D eigenvalue weighted by Crippen LogP contribution is -2.35. The van der Waals surface area contributed by atoms with E-state index in [0.29, 0.717) is 18.2 Å². The highest BCUT2D eigenvalue weighted by atomic mass is 32.2. The van der Waals surface area contributed by atoms with Crippen LogP contribution in [0.15, 0.2) is 35.4 Å². The van der Waals surface area contributed by atoms with E-state index in [1.165, 1.54) is 12.8 Å². The molecule has 2 heterocycles. The Morgan fingerprint density at radius 2 is 2.08 bits per heavy atom. The summed E-state index contributed by atoms with van der Waals surface area (Å²) in [6.07, 6.45) is 4.03. The van der Waals surface area contributed by atoms with E-state index in [-0.39, 0.29) is 11.4 Å². The van der Waals surface area contributed by atoms with Crippen molar-refractivity contribution < 1.29 is 8.42 Å². The summed E-state index contributed by atoms with van der Waals surface area (Å²) in [4.78, 5) is 2.63. The zero-order valence-electron chi connectivity index (χ0n) is 15.8.